The van der Waals surface area contributed by atoms with Crippen LogP contribution >= 0.6 is 11.6 Å². The summed E-state index contributed by atoms with van der Waals surface area (Å²) >= 11 is 6.13. The Labute approximate surface area is 194 Å². The standard InChI is InChI=1S/C23H29ClN4O3S/c1-5-27(6-2)32(30,31)18-10-11-21-20(15-18)26-22(28(21)7-3)12-13-23(29)25-17-9-8-16(4)19(24)14-17/h8-11,14-15H,5-7,12-13H2,1-4H3,(H,25,29). The number of fused-ring (bicyclic) bond motifs is 1. The maximum absolute atomic E-state index is 12.9. The molecular weight excluding hydrogens is 448 g/mol. The zero-order valence-electron chi connectivity index (χ0n) is 18.9. The summed E-state index contributed by atoms with van der Waals surface area (Å²) < 4.78 is 29.2. The molecule has 172 valence electrons. The zero-order chi connectivity index (χ0) is 23.5. The number of carbonyl (C=O) groups excluding carboxylic acids is 1. The lowest BCUT2D eigenvalue weighted by Gasteiger charge is -2.18. The lowest BCUT2D eigenvalue weighted by Crippen LogP contribution is -2.30. The van der Waals surface area contributed by atoms with Gasteiger partial charge in [0.1, 0.15) is 5.82 Å². The Morgan fingerprint density at radius 2 is 1.84 bits per heavy atom. The lowest BCUT2D eigenvalue weighted by atomic mass is 10.2. The third kappa shape index (κ3) is 4.98. The molecule has 1 aromatic heterocycles. The molecule has 3 aromatic rings. The number of benzene rings is 2. The highest BCUT2D eigenvalue weighted by Gasteiger charge is 2.23. The molecule has 0 saturated heterocycles. The maximum Gasteiger partial charge on any atom is 0.243 e. The number of imidazole rings is 1. The molecule has 32 heavy (non-hydrogen) atoms. The predicted molar refractivity (Wildman–Crippen MR) is 129 cm³/mol. The normalized spacial score (nSPS) is 11.9. The second-order valence-electron chi connectivity index (χ2n) is 7.52. The van der Waals surface area contributed by atoms with Gasteiger partial charge in [-0.2, -0.15) is 4.31 Å². The Bertz CT molecular complexity index is 1230. The van der Waals surface area contributed by atoms with Gasteiger partial charge < -0.3 is 9.88 Å². The van der Waals surface area contributed by atoms with Crippen LogP contribution in [0, 0.1) is 6.92 Å². The van der Waals surface area contributed by atoms with Gasteiger partial charge in [0.15, 0.2) is 0 Å². The SMILES string of the molecule is CCN(CC)S(=O)(=O)c1ccc2c(c1)nc(CCC(=O)Nc1ccc(C)c(Cl)c1)n2CC. The first-order valence-electron chi connectivity index (χ1n) is 10.8. The number of aryl methyl sites for hydroxylation is 3. The molecule has 1 N–H and O–H groups in total. The molecule has 0 bridgehead atoms. The Morgan fingerprint density at radius 1 is 1.12 bits per heavy atom. The van der Waals surface area contributed by atoms with Crippen LogP contribution in [-0.4, -0.2) is 41.3 Å². The summed E-state index contributed by atoms with van der Waals surface area (Å²) in [6.45, 7) is 9.03. The quantitative estimate of drug-likeness (QED) is 0.488. The van der Waals surface area contributed by atoms with Crippen LogP contribution < -0.4 is 5.32 Å². The summed E-state index contributed by atoms with van der Waals surface area (Å²) in [6.07, 6.45) is 0.686. The minimum atomic E-state index is -3.56. The largest absolute Gasteiger partial charge is 0.328 e. The Balaban J connectivity index is 1.80. The number of hydrogen-bond donors (Lipinski definition) is 1. The molecule has 0 unspecified atom stereocenters. The van der Waals surface area contributed by atoms with Crippen molar-refractivity contribution in [2.24, 2.45) is 0 Å². The zero-order valence-corrected chi connectivity index (χ0v) is 20.4. The van der Waals surface area contributed by atoms with E-state index in [1.165, 1.54) is 4.31 Å². The van der Waals surface area contributed by atoms with E-state index in [4.69, 9.17) is 11.6 Å². The molecule has 7 nitrogen and oxygen atoms in total. The van der Waals surface area contributed by atoms with Crippen LogP contribution in [0.15, 0.2) is 41.3 Å². The minimum Gasteiger partial charge on any atom is -0.328 e. The highest BCUT2D eigenvalue weighted by atomic mass is 35.5. The molecule has 0 aliphatic rings. The van der Waals surface area contributed by atoms with Gasteiger partial charge in [-0.15, -0.1) is 0 Å². The number of carbonyl (C=O) groups is 1. The number of nitrogens with one attached hydrogen (secondary N) is 1. The van der Waals surface area contributed by atoms with E-state index < -0.39 is 10.0 Å². The van der Waals surface area contributed by atoms with E-state index in [2.05, 4.69) is 10.3 Å². The molecule has 0 aliphatic heterocycles. The number of aromatic nitrogens is 2. The van der Waals surface area contributed by atoms with Crippen molar-refractivity contribution >= 4 is 44.3 Å². The van der Waals surface area contributed by atoms with Crippen LogP contribution in [0.5, 0.6) is 0 Å². The van der Waals surface area contributed by atoms with E-state index in [-0.39, 0.29) is 17.2 Å². The van der Waals surface area contributed by atoms with Gasteiger partial charge in [-0.1, -0.05) is 31.5 Å². The average Bonchev–Trinajstić information content (AvgIpc) is 3.12. The molecule has 2 aromatic carbocycles. The van der Waals surface area contributed by atoms with Crippen molar-refractivity contribution in [1.29, 1.82) is 0 Å². The van der Waals surface area contributed by atoms with Crippen molar-refractivity contribution in [3.05, 3.63) is 52.8 Å². The van der Waals surface area contributed by atoms with E-state index >= 15 is 0 Å². The summed E-state index contributed by atoms with van der Waals surface area (Å²) in [4.78, 5) is 17.3. The summed E-state index contributed by atoms with van der Waals surface area (Å²) in [6, 6.07) is 10.4. The van der Waals surface area contributed by atoms with Gasteiger partial charge in [-0.3, -0.25) is 4.79 Å². The molecular formula is C23H29ClN4O3S. The maximum atomic E-state index is 12.9. The molecule has 1 heterocycles. The van der Waals surface area contributed by atoms with E-state index in [1.54, 1.807) is 24.3 Å². The first-order valence-corrected chi connectivity index (χ1v) is 12.6. The summed E-state index contributed by atoms with van der Waals surface area (Å²) in [5.41, 5.74) is 3.07. The van der Waals surface area contributed by atoms with Gasteiger partial charge in [0.05, 0.1) is 15.9 Å². The van der Waals surface area contributed by atoms with Crippen molar-refractivity contribution in [1.82, 2.24) is 13.9 Å². The predicted octanol–water partition coefficient (Wildman–Crippen LogP) is 4.62. The monoisotopic (exact) mass is 476 g/mol. The first-order chi connectivity index (χ1) is 15.2. The van der Waals surface area contributed by atoms with Crippen LogP contribution in [0.4, 0.5) is 5.69 Å². The second-order valence-corrected chi connectivity index (χ2v) is 9.87. The fourth-order valence-corrected chi connectivity index (χ4v) is 5.35. The fraction of sp³-hybridized carbons (Fsp3) is 0.391. The van der Waals surface area contributed by atoms with Crippen LogP contribution in [0.2, 0.25) is 5.02 Å². The third-order valence-corrected chi connectivity index (χ3v) is 7.94. The number of hydrogen-bond acceptors (Lipinski definition) is 4. The van der Waals surface area contributed by atoms with Crippen LogP contribution in [0.3, 0.4) is 0 Å². The summed E-state index contributed by atoms with van der Waals surface area (Å²) in [5, 5.41) is 3.46. The van der Waals surface area contributed by atoms with Gasteiger partial charge in [0.2, 0.25) is 15.9 Å². The molecule has 9 heteroatoms. The van der Waals surface area contributed by atoms with Crippen LogP contribution in [-0.2, 0) is 27.8 Å². The van der Waals surface area contributed by atoms with Crippen molar-refractivity contribution < 1.29 is 13.2 Å². The number of sulfonamides is 1. The van der Waals surface area contributed by atoms with E-state index in [0.717, 1.165) is 16.9 Å². The number of rotatable bonds is 9. The van der Waals surface area contributed by atoms with Crippen molar-refractivity contribution in [2.45, 2.75) is 52.0 Å². The van der Waals surface area contributed by atoms with Crippen molar-refractivity contribution in [3.63, 3.8) is 0 Å². The van der Waals surface area contributed by atoms with E-state index in [0.29, 0.717) is 42.3 Å². The molecule has 0 radical (unpaired) electrons. The highest BCUT2D eigenvalue weighted by molar-refractivity contribution is 7.89. The van der Waals surface area contributed by atoms with Gasteiger partial charge in [-0.25, -0.2) is 13.4 Å². The van der Waals surface area contributed by atoms with E-state index in [1.807, 2.05) is 44.4 Å². The van der Waals surface area contributed by atoms with Crippen molar-refractivity contribution in [3.8, 4) is 0 Å². The van der Waals surface area contributed by atoms with Crippen LogP contribution in [0.25, 0.3) is 11.0 Å². The average molecular weight is 477 g/mol. The molecule has 3 rings (SSSR count). The molecule has 0 aliphatic carbocycles. The van der Waals surface area contributed by atoms with Crippen LogP contribution in [0.1, 0.15) is 38.6 Å². The molecule has 0 spiro atoms. The molecule has 1 amide bonds. The number of amides is 1. The minimum absolute atomic E-state index is 0.135. The summed E-state index contributed by atoms with van der Waals surface area (Å²) in [5.74, 6) is 0.612. The van der Waals surface area contributed by atoms with E-state index in [9.17, 15) is 13.2 Å². The van der Waals surface area contributed by atoms with Crippen molar-refractivity contribution in [2.75, 3.05) is 18.4 Å². The number of nitrogens with zero attached hydrogens (tertiary/aromatic N) is 3. The topological polar surface area (TPSA) is 84.3 Å². The smallest absolute Gasteiger partial charge is 0.243 e. The summed E-state index contributed by atoms with van der Waals surface area (Å²) in [7, 11) is -3.56. The van der Waals surface area contributed by atoms with Gasteiger partial charge in [0, 0.05) is 43.2 Å². The molecule has 0 saturated carbocycles. The van der Waals surface area contributed by atoms with Gasteiger partial charge >= 0.3 is 0 Å². The first kappa shape index (κ1) is 24.2. The Kier molecular flexibility index (Phi) is 7.59. The lowest BCUT2D eigenvalue weighted by molar-refractivity contribution is -0.116. The fourth-order valence-electron chi connectivity index (χ4n) is 3.70. The highest BCUT2D eigenvalue weighted by Crippen LogP contribution is 2.24. The third-order valence-electron chi connectivity index (χ3n) is 5.49. The number of anilines is 1. The number of halogens is 1. The molecule has 0 atom stereocenters. The second kappa shape index (κ2) is 10.0. The van der Waals surface area contributed by atoms with Gasteiger partial charge in [0.25, 0.3) is 0 Å². The van der Waals surface area contributed by atoms with Gasteiger partial charge in [-0.05, 0) is 49.7 Å². The Morgan fingerprint density at radius 3 is 2.47 bits per heavy atom. The molecule has 0 fully saturated rings. The Hall–Kier alpha value is -2.42.